The van der Waals surface area contributed by atoms with Gasteiger partial charge in [-0.1, -0.05) is 0 Å². The summed E-state index contributed by atoms with van der Waals surface area (Å²) in [6.45, 7) is -2.63. The molecule has 0 spiro atoms. The van der Waals surface area contributed by atoms with Gasteiger partial charge >= 0.3 is 31.2 Å². The largest absolute Gasteiger partial charge is 1.00 e. The minimum atomic E-state index is -4.91. The Labute approximate surface area is 99.7 Å². The van der Waals surface area contributed by atoms with Crippen LogP contribution in [0.3, 0.4) is 0 Å². The van der Waals surface area contributed by atoms with Gasteiger partial charge in [-0.3, -0.25) is 0 Å². The van der Waals surface area contributed by atoms with Gasteiger partial charge in [0.1, 0.15) is 13.2 Å². The van der Waals surface area contributed by atoms with E-state index < -0.39 is 39.0 Å². The zero-order chi connectivity index (χ0) is 11.7. The third kappa shape index (κ3) is 4.76. The number of carbonyl (C=O) groups excluding carboxylic acids is 1. The average molecular weight is 256 g/mol. The van der Waals surface area contributed by atoms with Gasteiger partial charge in [-0.25, -0.2) is 4.79 Å². The number of hydrogen-bond acceptors (Lipinski definition) is 6. The van der Waals surface area contributed by atoms with Crippen molar-refractivity contribution in [1.29, 1.82) is 0 Å². The van der Waals surface area contributed by atoms with Crippen molar-refractivity contribution in [2.75, 3.05) is 13.2 Å². The summed E-state index contributed by atoms with van der Waals surface area (Å²) in [5.74, 6) is -1.81. The molecule has 1 saturated heterocycles. The van der Waals surface area contributed by atoms with Gasteiger partial charge in [0.05, 0.1) is 0 Å². The second-order valence-corrected chi connectivity index (χ2v) is 4.48. The van der Waals surface area contributed by atoms with Crippen LogP contribution in [0.25, 0.3) is 0 Å². The summed E-state index contributed by atoms with van der Waals surface area (Å²) in [5.41, 5.74) is 0. The molecule has 0 N–H and O–H groups in total. The van der Waals surface area contributed by atoms with Gasteiger partial charge in [0.2, 0.25) is 5.85 Å². The quantitative estimate of drug-likeness (QED) is 0.318. The Morgan fingerprint density at radius 1 is 1.56 bits per heavy atom. The Morgan fingerprint density at radius 3 is 2.50 bits per heavy atom. The van der Waals surface area contributed by atoms with Crippen molar-refractivity contribution in [1.82, 2.24) is 0 Å². The third-order valence-corrected chi connectivity index (χ3v) is 2.79. The molecule has 0 aromatic heterocycles. The fourth-order valence-corrected chi connectivity index (χ4v) is 1.69. The monoisotopic (exact) mass is 256 g/mol. The Morgan fingerprint density at radius 2 is 2.12 bits per heavy atom. The van der Waals surface area contributed by atoms with E-state index >= 15 is 0 Å². The molecule has 1 aliphatic heterocycles. The van der Waals surface area contributed by atoms with E-state index in [1.165, 1.54) is 0 Å². The van der Waals surface area contributed by atoms with Crippen molar-refractivity contribution < 1.29 is 60.3 Å². The molecule has 0 radical (unpaired) electrons. The SMILES string of the molecule is O=C1OCC(P(=O)([O-])OCC(F)(F)F)O1.[Li+]. The van der Waals surface area contributed by atoms with Crippen molar-refractivity contribution in [3.05, 3.63) is 0 Å². The maximum absolute atomic E-state index is 11.6. The summed E-state index contributed by atoms with van der Waals surface area (Å²) in [7, 11) is -4.91. The zero-order valence-electron chi connectivity index (χ0n) is 8.02. The van der Waals surface area contributed by atoms with Crippen molar-refractivity contribution in [2.45, 2.75) is 12.0 Å². The predicted octanol–water partition coefficient (Wildman–Crippen LogP) is -2.38. The number of alkyl halides is 3. The van der Waals surface area contributed by atoms with E-state index in [1.54, 1.807) is 0 Å². The molecular formula is C5H5F3LiO6P. The van der Waals surface area contributed by atoms with Gasteiger partial charge in [-0.2, -0.15) is 13.2 Å². The number of hydrogen-bond donors (Lipinski definition) is 0. The van der Waals surface area contributed by atoms with Gasteiger partial charge in [0, 0.05) is 0 Å². The van der Waals surface area contributed by atoms with Crippen LogP contribution in [-0.2, 0) is 18.6 Å². The van der Waals surface area contributed by atoms with E-state index in [0.717, 1.165) is 0 Å². The first-order chi connectivity index (χ1) is 6.71. The molecule has 0 amide bonds. The Balaban J connectivity index is 0.00000225. The van der Waals surface area contributed by atoms with Crippen molar-refractivity contribution in [3.8, 4) is 0 Å². The summed E-state index contributed by atoms with van der Waals surface area (Å²) in [4.78, 5) is 21.3. The third-order valence-electron chi connectivity index (χ3n) is 1.34. The van der Waals surface area contributed by atoms with Crippen LogP contribution in [-0.4, -0.2) is 31.4 Å². The van der Waals surface area contributed by atoms with E-state index in [9.17, 15) is 27.4 Å². The Kier molecular flexibility index (Phi) is 5.36. The molecule has 0 aromatic carbocycles. The molecule has 2 unspecified atom stereocenters. The second-order valence-electron chi connectivity index (χ2n) is 2.56. The first-order valence-corrected chi connectivity index (χ1v) is 5.17. The number of carbonyl (C=O) groups is 1. The first-order valence-electron chi connectivity index (χ1n) is 3.56. The van der Waals surface area contributed by atoms with E-state index in [1.807, 2.05) is 0 Å². The number of halogens is 3. The molecule has 1 heterocycles. The fourth-order valence-electron chi connectivity index (χ4n) is 0.721. The van der Waals surface area contributed by atoms with Gasteiger partial charge in [0.25, 0.3) is 0 Å². The molecule has 88 valence electrons. The molecule has 1 aliphatic rings. The topological polar surface area (TPSA) is 84.9 Å². The molecule has 11 heteroatoms. The molecule has 2 atom stereocenters. The fraction of sp³-hybridized carbons (Fsp3) is 0.800. The van der Waals surface area contributed by atoms with Crippen LogP contribution < -0.4 is 23.8 Å². The van der Waals surface area contributed by atoms with Crippen molar-refractivity contribution >= 4 is 13.8 Å². The minimum absolute atomic E-state index is 0. The smallest absolute Gasteiger partial charge is 0.776 e. The number of ether oxygens (including phenoxy) is 2. The molecular weight excluding hydrogens is 251 g/mol. The van der Waals surface area contributed by atoms with Crippen molar-refractivity contribution in [2.24, 2.45) is 0 Å². The first kappa shape index (κ1) is 15.8. The summed E-state index contributed by atoms with van der Waals surface area (Å²) in [6, 6.07) is 0. The molecule has 6 nitrogen and oxygen atoms in total. The summed E-state index contributed by atoms with van der Waals surface area (Å²) < 4.78 is 57.6. The Hall–Kier alpha value is -0.193. The zero-order valence-corrected chi connectivity index (χ0v) is 8.92. The van der Waals surface area contributed by atoms with Crippen LogP contribution in [0.5, 0.6) is 0 Å². The maximum atomic E-state index is 11.6. The Bertz CT molecular complexity index is 307. The van der Waals surface area contributed by atoms with Crippen LogP contribution in [0, 0.1) is 0 Å². The van der Waals surface area contributed by atoms with Crippen LogP contribution in [0.4, 0.5) is 18.0 Å². The normalized spacial score (nSPS) is 24.0. The van der Waals surface area contributed by atoms with E-state index in [2.05, 4.69) is 14.0 Å². The van der Waals surface area contributed by atoms with Crippen LogP contribution in [0.2, 0.25) is 0 Å². The van der Waals surface area contributed by atoms with E-state index in [0.29, 0.717) is 0 Å². The van der Waals surface area contributed by atoms with Gasteiger partial charge < -0.3 is 23.5 Å². The van der Waals surface area contributed by atoms with Crippen LogP contribution >= 0.6 is 7.60 Å². The van der Waals surface area contributed by atoms with Gasteiger partial charge in [0.15, 0.2) is 7.60 Å². The van der Waals surface area contributed by atoms with Gasteiger partial charge in [-0.15, -0.1) is 0 Å². The van der Waals surface area contributed by atoms with E-state index in [-0.39, 0.29) is 18.9 Å². The molecule has 1 rings (SSSR count). The molecule has 0 bridgehead atoms. The standard InChI is InChI=1S/C5H6F3O6P.Li/c6-5(7,8)2-13-15(10,11)3-1-12-4(9)14-3;/h3H,1-2H2,(H,10,11);/q;+1/p-1. The second kappa shape index (κ2) is 5.43. The molecule has 16 heavy (non-hydrogen) atoms. The van der Waals surface area contributed by atoms with Crippen LogP contribution in [0.1, 0.15) is 0 Å². The van der Waals surface area contributed by atoms with Gasteiger partial charge in [-0.05, 0) is 0 Å². The molecule has 0 saturated carbocycles. The summed E-state index contributed by atoms with van der Waals surface area (Å²) in [6.07, 6.45) is -6.03. The van der Waals surface area contributed by atoms with Crippen LogP contribution in [0.15, 0.2) is 0 Å². The van der Waals surface area contributed by atoms with E-state index in [4.69, 9.17) is 0 Å². The molecule has 1 fully saturated rings. The van der Waals surface area contributed by atoms with Crippen molar-refractivity contribution in [3.63, 3.8) is 0 Å². The molecule has 0 aliphatic carbocycles. The average Bonchev–Trinajstić information content (AvgIpc) is 2.48. The predicted molar refractivity (Wildman–Crippen MR) is 35.8 cm³/mol. The summed E-state index contributed by atoms with van der Waals surface area (Å²) in [5, 5.41) is 0. The molecule has 0 aromatic rings. The number of cyclic esters (lactones) is 2. The minimum Gasteiger partial charge on any atom is -0.776 e. The number of rotatable bonds is 3. The maximum Gasteiger partial charge on any atom is 1.00 e. The summed E-state index contributed by atoms with van der Waals surface area (Å²) >= 11 is 0.